The Hall–Kier alpha value is -3.35. The quantitative estimate of drug-likeness (QED) is 0.597. The van der Waals surface area contributed by atoms with E-state index in [1.807, 2.05) is 30.3 Å². The van der Waals surface area contributed by atoms with E-state index in [0.29, 0.717) is 31.5 Å². The van der Waals surface area contributed by atoms with Gasteiger partial charge in [0, 0.05) is 19.2 Å². The van der Waals surface area contributed by atoms with Crippen molar-refractivity contribution in [1.29, 1.82) is 0 Å². The number of ether oxygens (including phenoxy) is 1. The second kappa shape index (κ2) is 11.9. The molecule has 35 heavy (non-hydrogen) atoms. The normalized spacial score (nSPS) is 16.2. The number of aromatic nitrogens is 1. The number of amides is 1. The topological polar surface area (TPSA) is 106 Å². The third-order valence-electron chi connectivity index (χ3n) is 4.85. The van der Waals surface area contributed by atoms with Crippen molar-refractivity contribution in [3.05, 3.63) is 59.3 Å². The molecule has 7 nitrogen and oxygen atoms in total. The molecule has 0 aliphatic carbocycles. The molecule has 0 bridgehead atoms. The molecule has 1 amide bonds. The molecule has 1 saturated heterocycles. The molecule has 192 valence electrons. The molecule has 0 saturated carbocycles. The molecule has 2 aromatic rings. The number of piperidine rings is 1. The van der Waals surface area contributed by atoms with Crippen LogP contribution in [-0.2, 0) is 28.7 Å². The molecule has 1 fully saturated rings. The van der Waals surface area contributed by atoms with Crippen LogP contribution in [0.5, 0.6) is 5.88 Å². The predicted octanol–water partition coefficient (Wildman–Crippen LogP) is 3.80. The largest absolute Gasteiger partial charge is 0.490 e. The van der Waals surface area contributed by atoms with Gasteiger partial charge >= 0.3 is 18.3 Å². The summed E-state index contributed by atoms with van der Waals surface area (Å²) in [4.78, 5) is 26.7. The highest BCUT2D eigenvalue weighted by Gasteiger charge is 2.38. The summed E-state index contributed by atoms with van der Waals surface area (Å²) in [5, 5.41) is 7.12. The molecule has 1 atom stereocenters. The number of nitrogens with two attached hydrogens (primary N) is 1. The first-order valence-corrected chi connectivity index (χ1v) is 10.4. The van der Waals surface area contributed by atoms with Gasteiger partial charge in [-0.3, -0.25) is 4.79 Å². The number of alkyl halides is 6. The van der Waals surface area contributed by atoms with Gasteiger partial charge in [-0.25, -0.2) is 9.78 Å². The first kappa shape index (κ1) is 27.9. The van der Waals surface area contributed by atoms with E-state index in [1.54, 1.807) is 4.90 Å². The minimum Gasteiger partial charge on any atom is -0.475 e. The molecular formula is C22H23F6N3O4. The molecular weight excluding hydrogens is 484 g/mol. The van der Waals surface area contributed by atoms with Crippen molar-refractivity contribution in [2.75, 3.05) is 13.1 Å². The standard InChI is InChI=1S/C20H22F3N3O2.C2HF3O2/c21-20(22,23)17-9-15(12-24)10-18(25-17)28-16-7-4-8-26(13-16)19(27)11-14-5-2-1-3-6-14;3-2(4,5)1(6)7/h1-3,5-6,9-10,16H,4,7-8,11-13,24H2;(H,6,7)/t16-;/m0./s1. The summed E-state index contributed by atoms with van der Waals surface area (Å²) in [6, 6.07) is 11.7. The molecule has 0 spiro atoms. The van der Waals surface area contributed by atoms with Crippen molar-refractivity contribution in [3.8, 4) is 5.88 Å². The molecule has 3 rings (SSSR count). The zero-order chi connectivity index (χ0) is 26.2. The lowest BCUT2D eigenvalue weighted by atomic mass is 10.1. The number of hydrogen-bond donors (Lipinski definition) is 2. The Labute approximate surface area is 196 Å². The molecule has 0 unspecified atom stereocenters. The number of carbonyl (C=O) groups excluding carboxylic acids is 1. The highest BCUT2D eigenvalue weighted by Crippen LogP contribution is 2.30. The zero-order valence-electron chi connectivity index (χ0n) is 18.3. The summed E-state index contributed by atoms with van der Waals surface area (Å²) in [5.41, 5.74) is 5.68. The van der Waals surface area contributed by atoms with Crippen LogP contribution >= 0.6 is 0 Å². The van der Waals surface area contributed by atoms with Gasteiger partial charge in [-0.15, -0.1) is 0 Å². The maximum absolute atomic E-state index is 13.0. The minimum absolute atomic E-state index is 0.0286. The van der Waals surface area contributed by atoms with Gasteiger partial charge in [-0.05, 0) is 30.0 Å². The maximum atomic E-state index is 13.0. The van der Waals surface area contributed by atoms with E-state index in [2.05, 4.69) is 4.98 Å². The molecule has 1 aliphatic heterocycles. The van der Waals surface area contributed by atoms with Gasteiger partial charge in [0.2, 0.25) is 11.8 Å². The number of aliphatic carboxylic acids is 1. The molecule has 1 aromatic carbocycles. The second-order valence-electron chi connectivity index (χ2n) is 7.59. The Balaban J connectivity index is 0.000000540. The second-order valence-corrected chi connectivity index (χ2v) is 7.59. The number of hydrogen-bond acceptors (Lipinski definition) is 5. The monoisotopic (exact) mass is 507 g/mol. The minimum atomic E-state index is -5.08. The van der Waals surface area contributed by atoms with E-state index in [-0.39, 0.29) is 24.8 Å². The van der Waals surface area contributed by atoms with Crippen LogP contribution in [-0.4, -0.2) is 52.2 Å². The smallest absolute Gasteiger partial charge is 0.475 e. The van der Waals surface area contributed by atoms with Crippen LogP contribution < -0.4 is 10.5 Å². The Morgan fingerprint density at radius 3 is 2.26 bits per heavy atom. The van der Waals surface area contributed by atoms with Crippen molar-refractivity contribution >= 4 is 11.9 Å². The van der Waals surface area contributed by atoms with Gasteiger partial charge in [0.1, 0.15) is 11.8 Å². The summed E-state index contributed by atoms with van der Waals surface area (Å²) in [6.07, 6.45) is -8.42. The van der Waals surface area contributed by atoms with Gasteiger partial charge in [0.25, 0.3) is 0 Å². The summed E-state index contributed by atoms with van der Waals surface area (Å²) in [5.74, 6) is -2.90. The highest BCUT2D eigenvalue weighted by molar-refractivity contribution is 5.78. The van der Waals surface area contributed by atoms with E-state index < -0.39 is 30.1 Å². The van der Waals surface area contributed by atoms with Crippen LogP contribution in [0, 0.1) is 0 Å². The van der Waals surface area contributed by atoms with E-state index >= 15 is 0 Å². The van der Waals surface area contributed by atoms with Gasteiger partial charge in [0.15, 0.2) is 0 Å². The van der Waals surface area contributed by atoms with Crippen molar-refractivity contribution in [1.82, 2.24) is 9.88 Å². The predicted molar refractivity (Wildman–Crippen MR) is 111 cm³/mol. The summed E-state index contributed by atoms with van der Waals surface area (Å²) in [6.45, 7) is 0.880. The number of benzene rings is 1. The van der Waals surface area contributed by atoms with Gasteiger partial charge in [-0.2, -0.15) is 26.3 Å². The number of carboxylic acid groups (broad SMARTS) is 1. The van der Waals surface area contributed by atoms with Crippen molar-refractivity contribution in [2.24, 2.45) is 5.73 Å². The Kier molecular flexibility index (Phi) is 9.46. The number of rotatable bonds is 5. The van der Waals surface area contributed by atoms with Crippen LogP contribution in [0.25, 0.3) is 0 Å². The fraction of sp³-hybridized carbons (Fsp3) is 0.409. The van der Waals surface area contributed by atoms with Gasteiger partial charge < -0.3 is 20.5 Å². The third-order valence-corrected chi connectivity index (χ3v) is 4.85. The molecule has 0 radical (unpaired) electrons. The SMILES string of the molecule is NCc1cc(O[C@H]2CCCN(C(=O)Cc3ccccc3)C2)nc(C(F)(F)F)c1.O=C(O)C(F)(F)F. The number of pyridine rings is 1. The molecule has 2 heterocycles. The highest BCUT2D eigenvalue weighted by atomic mass is 19.4. The van der Waals surface area contributed by atoms with Crippen LogP contribution in [0.3, 0.4) is 0 Å². The number of likely N-dealkylation sites (tertiary alicyclic amines) is 1. The summed E-state index contributed by atoms with van der Waals surface area (Å²) in [7, 11) is 0. The number of carboxylic acids is 1. The first-order valence-electron chi connectivity index (χ1n) is 10.4. The maximum Gasteiger partial charge on any atom is 0.490 e. The van der Waals surface area contributed by atoms with Crippen LogP contribution in [0.15, 0.2) is 42.5 Å². The molecule has 1 aromatic heterocycles. The van der Waals surface area contributed by atoms with Gasteiger partial charge in [0.05, 0.1) is 13.0 Å². The lowest BCUT2D eigenvalue weighted by Gasteiger charge is -2.33. The molecule has 13 heteroatoms. The first-order chi connectivity index (χ1) is 16.3. The zero-order valence-corrected chi connectivity index (χ0v) is 18.3. The van der Waals surface area contributed by atoms with Crippen LogP contribution in [0.1, 0.15) is 29.7 Å². The fourth-order valence-electron chi connectivity index (χ4n) is 3.20. The van der Waals surface area contributed by atoms with E-state index in [1.165, 1.54) is 6.07 Å². The molecule has 1 aliphatic rings. The lowest BCUT2D eigenvalue weighted by Crippen LogP contribution is -2.45. The van der Waals surface area contributed by atoms with Crippen LogP contribution in [0.2, 0.25) is 0 Å². The Bertz CT molecular complexity index is 999. The summed E-state index contributed by atoms with van der Waals surface area (Å²) < 4.78 is 76.5. The third kappa shape index (κ3) is 9.08. The number of carbonyl (C=O) groups is 2. The number of nitrogens with zero attached hydrogens (tertiary/aromatic N) is 2. The average molecular weight is 507 g/mol. The van der Waals surface area contributed by atoms with Crippen molar-refractivity contribution in [3.63, 3.8) is 0 Å². The Morgan fingerprint density at radius 1 is 1.09 bits per heavy atom. The van der Waals surface area contributed by atoms with Gasteiger partial charge in [-0.1, -0.05) is 30.3 Å². The fourth-order valence-corrected chi connectivity index (χ4v) is 3.20. The number of halogens is 6. The van der Waals surface area contributed by atoms with Crippen molar-refractivity contribution in [2.45, 2.75) is 44.3 Å². The van der Waals surface area contributed by atoms with Crippen LogP contribution in [0.4, 0.5) is 26.3 Å². The lowest BCUT2D eigenvalue weighted by molar-refractivity contribution is -0.192. The Morgan fingerprint density at radius 2 is 1.71 bits per heavy atom. The van der Waals surface area contributed by atoms with E-state index in [4.69, 9.17) is 20.4 Å². The summed E-state index contributed by atoms with van der Waals surface area (Å²) >= 11 is 0. The van der Waals surface area contributed by atoms with Crippen molar-refractivity contribution < 1.29 is 45.8 Å². The van der Waals surface area contributed by atoms with E-state index in [0.717, 1.165) is 11.6 Å². The molecule has 3 N–H and O–H groups in total. The average Bonchev–Trinajstić information content (AvgIpc) is 2.79. The van der Waals surface area contributed by atoms with E-state index in [9.17, 15) is 31.1 Å².